The van der Waals surface area contributed by atoms with Gasteiger partial charge in [0, 0.05) is 12.1 Å². The second-order valence-electron chi connectivity index (χ2n) is 4.38. The van der Waals surface area contributed by atoms with Crippen LogP contribution in [0.3, 0.4) is 0 Å². The van der Waals surface area contributed by atoms with Gasteiger partial charge in [0.1, 0.15) is 0 Å². The molecule has 2 nitrogen and oxygen atoms in total. The highest BCUT2D eigenvalue weighted by molar-refractivity contribution is 4.76. The van der Waals surface area contributed by atoms with Gasteiger partial charge in [-0.1, -0.05) is 44.9 Å². The van der Waals surface area contributed by atoms with E-state index in [9.17, 15) is 0 Å². The van der Waals surface area contributed by atoms with Crippen molar-refractivity contribution in [3.8, 4) is 0 Å². The minimum Gasteiger partial charge on any atom is -0.326 e. The summed E-state index contributed by atoms with van der Waals surface area (Å²) in [6, 6.07) is 0.496. The van der Waals surface area contributed by atoms with E-state index < -0.39 is 0 Å². The Morgan fingerprint density at radius 2 is 0.846 bits per heavy atom. The zero-order chi connectivity index (χ0) is 9.52. The fraction of sp³-hybridized carbons (Fsp3) is 1.00. The van der Waals surface area contributed by atoms with Crippen LogP contribution in [-0.4, -0.2) is 12.1 Å². The average Bonchev–Trinajstić information content (AvgIpc) is 2.16. The molecule has 0 saturated heterocycles. The van der Waals surface area contributed by atoms with Crippen LogP contribution in [0.15, 0.2) is 0 Å². The SMILES string of the molecule is N[C@@H]1CCCCCCCCC[C@H]1N. The van der Waals surface area contributed by atoms with E-state index in [4.69, 9.17) is 11.5 Å². The molecular weight excluding hydrogens is 160 g/mol. The third-order valence-corrected chi connectivity index (χ3v) is 3.12. The summed E-state index contributed by atoms with van der Waals surface area (Å²) in [5.74, 6) is 0. The maximum Gasteiger partial charge on any atom is 0.0192 e. The predicted molar refractivity (Wildman–Crippen MR) is 57.5 cm³/mol. The maximum atomic E-state index is 5.99. The Balaban J connectivity index is 2.26. The molecule has 0 aliphatic heterocycles. The normalized spacial score (nSPS) is 33.7. The lowest BCUT2D eigenvalue weighted by molar-refractivity contribution is 0.445. The largest absolute Gasteiger partial charge is 0.326 e. The lowest BCUT2D eigenvalue weighted by Gasteiger charge is -2.19. The third kappa shape index (κ3) is 4.63. The summed E-state index contributed by atoms with van der Waals surface area (Å²) < 4.78 is 0. The van der Waals surface area contributed by atoms with Gasteiger partial charge in [0.25, 0.3) is 0 Å². The summed E-state index contributed by atoms with van der Waals surface area (Å²) in [7, 11) is 0. The van der Waals surface area contributed by atoms with E-state index in [-0.39, 0.29) is 12.1 Å². The Morgan fingerprint density at radius 1 is 0.538 bits per heavy atom. The molecule has 13 heavy (non-hydrogen) atoms. The molecule has 1 aliphatic carbocycles. The summed E-state index contributed by atoms with van der Waals surface area (Å²) in [6.45, 7) is 0. The van der Waals surface area contributed by atoms with Crippen molar-refractivity contribution in [3.63, 3.8) is 0 Å². The summed E-state index contributed by atoms with van der Waals surface area (Å²) in [6.07, 6.45) is 11.7. The van der Waals surface area contributed by atoms with Crippen molar-refractivity contribution in [2.24, 2.45) is 11.5 Å². The Hall–Kier alpha value is -0.0800. The van der Waals surface area contributed by atoms with Gasteiger partial charge in [-0.05, 0) is 12.8 Å². The predicted octanol–water partition coefficient (Wildman–Crippen LogP) is 2.17. The molecule has 4 N–H and O–H groups in total. The zero-order valence-corrected chi connectivity index (χ0v) is 8.67. The monoisotopic (exact) mass is 184 g/mol. The minimum absolute atomic E-state index is 0.248. The molecule has 0 radical (unpaired) electrons. The Morgan fingerprint density at radius 3 is 1.23 bits per heavy atom. The number of hydrogen-bond acceptors (Lipinski definition) is 2. The van der Waals surface area contributed by atoms with Gasteiger partial charge in [-0.15, -0.1) is 0 Å². The molecular formula is C11H24N2. The first kappa shape index (κ1) is 11.0. The molecule has 2 atom stereocenters. The van der Waals surface area contributed by atoms with E-state index >= 15 is 0 Å². The lowest BCUT2D eigenvalue weighted by Crippen LogP contribution is -2.41. The van der Waals surface area contributed by atoms with Crippen molar-refractivity contribution in [2.45, 2.75) is 69.9 Å². The molecule has 0 spiro atoms. The van der Waals surface area contributed by atoms with E-state index in [1.54, 1.807) is 0 Å². The lowest BCUT2D eigenvalue weighted by atomic mass is 9.99. The van der Waals surface area contributed by atoms with Gasteiger partial charge in [0.05, 0.1) is 0 Å². The van der Waals surface area contributed by atoms with Crippen LogP contribution in [-0.2, 0) is 0 Å². The molecule has 0 amide bonds. The molecule has 0 unspecified atom stereocenters. The molecule has 1 rings (SSSR count). The Bertz CT molecular complexity index is 111. The maximum absolute atomic E-state index is 5.99. The smallest absolute Gasteiger partial charge is 0.0192 e. The van der Waals surface area contributed by atoms with Gasteiger partial charge >= 0.3 is 0 Å². The first-order chi connectivity index (χ1) is 6.30. The molecule has 2 heteroatoms. The molecule has 0 heterocycles. The summed E-state index contributed by atoms with van der Waals surface area (Å²) >= 11 is 0. The highest BCUT2D eigenvalue weighted by Crippen LogP contribution is 2.15. The fourth-order valence-electron chi connectivity index (χ4n) is 2.07. The van der Waals surface area contributed by atoms with Gasteiger partial charge in [-0.3, -0.25) is 0 Å². The average molecular weight is 184 g/mol. The van der Waals surface area contributed by atoms with E-state index in [1.165, 1.54) is 44.9 Å². The Labute approximate surface area is 82.1 Å². The topological polar surface area (TPSA) is 52.0 Å². The van der Waals surface area contributed by atoms with Gasteiger partial charge in [0.2, 0.25) is 0 Å². The second-order valence-corrected chi connectivity index (χ2v) is 4.38. The summed E-state index contributed by atoms with van der Waals surface area (Å²) in [5.41, 5.74) is 12.0. The van der Waals surface area contributed by atoms with Gasteiger partial charge in [-0.2, -0.15) is 0 Å². The first-order valence-electron chi connectivity index (χ1n) is 5.82. The summed E-state index contributed by atoms with van der Waals surface area (Å²) in [4.78, 5) is 0. The van der Waals surface area contributed by atoms with Gasteiger partial charge in [-0.25, -0.2) is 0 Å². The molecule has 0 aromatic heterocycles. The fourth-order valence-corrected chi connectivity index (χ4v) is 2.07. The van der Waals surface area contributed by atoms with Crippen LogP contribution in [0.4, 0.5) is 0 Å². The number of rotatable bonds is 0. The minimum atomic E-state index is 0.248. The molecule has 0 aromatic rings. The van der Waals surface area contributed by atoms with Crippen molar-refractivity contribution >= 4 is 0 Å². The van der Waals surface area contributed by atoms with Crippen molar-refractivity contribution in [3.05, 3.63) is 0 Å². The zero-order valence-electron chi connectivity index (χ0n) is 8.67. The number of hydrogen-bond donors (Lipinski definition) is 2. The molecule has 0 aromatic carbocycles. The number of nitrogens with two attached hydrogens (primary N) is 2. The van der Waals surface area contributed by atoms with Crippen LogP contribution in [0.1, 0.15) is 57.8 Å². The van der Waals surface area contributed by atoms with E-state index in [0.29, 0.717) is 0 Å². The highest BCUT2D eigenvalue weighted by atomic mass is 14.8. The molecule has 0 bridgehead atoms. The van der Waals surface area contributed by atoms with Crippen molar-refractivity contribution in [2.75, 3.05) is 0 Å². The standard InChI is InChI=1S/C11H24N2/c12-10-8-6-4-2-1-3-5-7-9-11(10)13/h10-11H,1-9,12-13H2/t10-,11-/m1/s1. The Kier molecular flexibility index (Phi) is 5.40. The van der Waals surface area contributed by atoms with Crippen LogP contribution in [0.5, 0.6) is 0 Å². The quantitative estimate of drug-likeness (QED) is 0.606. The highest BCUT2D eigenvalue weighted by Gasteiger charge is 2.12. The molecule has 1 fully saturated rings. The van der Waals surface area contributed by atoms with E-state index in [1.807, 2.05) is 0 Å². The second kappa shape index (κ2) is 6.39. The van der Waals surface area contributed by atoms with Crippen LogP contribution >= 0.6 is 0 Å². The van der Waals surface area contributed by atoms with Crippen molar-refractivity contribution in [1.29, 1.82) is 0 Å². The summed E-state index contributed by atoms with van der Waals surface area (Å²) in [5, 5.41) is 0. The van der Waals surface area contributed by atoms with Gasteiger partial charge < -0.3 is 11.5 Å². The van der Waals surface area contributed by atoms with Crippen molar-refractivity contribution < 1.29 is 0 Å². The van der Waals surface area contributed by atoms with Crippen LogP contribution < -0.4 is 11.5 Å². The first-order valence-corrected chi connectivity index (χ1v) is 5.82. The van der Waals surface area contributed by atoms with Crippen LogP contribution in [0.25, 0.3) is 0 Å². The molecule has 1 saturated carbocycles. The molecule has 78 valence electrons. The van der Waals surface area contributed by atoms with Crippen LogP contribution in [0.2, 0.25) is 0 Å². The van der Waals surface area contributed by atoms with E-state index in [0.717, 1.165) is 12.8 Å². The van der Waals surface area contributed by atoms with E-state index in [2.05, 4.69) is 0 Å². The molecule has 1 aliphatic rings. The van der Waals surface area contributed by atoms with Gasteiger partial charge in [0.15, 0.2) is 0 Å². The van der Waals surface area contributed by atoms with Crippen LogP contribution in [0, 0.1) is 0 Å². The van der Waals surface area contributed by atoms with Crippen molar-refractivity contribution in [1.82, 2.24) is 0 Å². The third-order valence-electron chi connectivity index (χ3n) is 3.12.